The minimum Gasteiger partial charge on any atom is -0.493 e. The van der Waals surface area contributed by atoms with Crippen LogP contribution >= 0.6 is 11.3 Å². The summed E-state index contributed by atoms with van der Waals surface area (Å²) in [4.78, 5) is 6.01. The molecule has 2 heterocycles. The van der Waals surface area contributed by atoms with E-state index in [0.717, 1.165) is 37.4 Å². The number of fused-ring (bicyclic) bond motifs is 1. The summed E-state index contributed by atoms with van der Waals surface area (Å²) in [6.07, 6.45) is 1.98. The largest absolute Gasteiger partial charge is 0.493 e. The van der Waals surface area contributed by atoms with Gasteiger partial charge in [0.05, 0.1) is 17.3 Å². The Kier molecular flexibility index (Phi) is 4.27. The first-order valence-corrected chi connectivity index (χ1v) is 8.41. The molecule has 0 aliphatic carbocycles. The predicted molar refractivity (Wildman–Crippen MR) is 87.4 cm³/mol. The van der Waals surface area contributed by atoms with Crippen LogP contribution < -0.4 is 10.1 Å². The van der Waals surface area contributed by atoms with Crippen LogP contribution in [0.25, 0.3) is 0 Å². The van der Waals surface area contributed by atoms with E-state index in [4.69, 9.17) is 4.74 Å². The highest BCUT2D eigenvalue weighted by molar-refractivity contribution is 7.11. The fourth-order valence-electron chi connectivity index (χ4n) is 2.78. The van der Waals surface area contributed by atoms with Gasteiger partial charge in [-0.2, -0.15) is 0 Å². The number of hydrogen-bond acceptors (Lipinski definition) is 4. The molecule has 0 amide bonds. The maximum atomic E-state index is 5.60. The number of hydrogen-bond donors (Lipinski definition) is 1. The molecule has 3 rings (SSSR count). The van der Waals surface area contributed by atoms with Crippen LogP contribution in [0.5, 0.6) is 5.75 Å². The molecule has 3 nitrogen and oxygen atoms in total. The van der Waals surface area contributed by atoms with Crippen molar-refractivity contribution in [3.63, 3.8) is 0 Å². The maximum absolute atomic E-state index is 5.60. The molecule has 1 aromatic heterocycles. The van der Waals surface area contributed by atoms with Crippen LogP contribution in [-0.4, -0.2) is 18.1 Å². The van der Waals surface area contributed by atoms with E-state index in [-0.39, 0.29) is 0 Å². The summed E-state index contributed by atoms with van der Waals surface area (Å²) >= 11 is 1.81. The van der Waals surface area contributed by atoms with Crippen LogP contribution in [0, 0.1) is 13.8 Å². The summed E-state index contributed by atoms with van der Waals surface area (Å²) in [5.41, 5.74) is 3.83. The quantitative estimate of drug-likeness (QED) is 0.916. The van der Waals surface area contributed by atoms with Gasteiger partial charge in [-0.3, -0.25) is 0 Å². The van der Waals surface area contributed by atoms with Crippen molar-refractivity contribution in [2.45, 2.75) is 39.7 Å². The SMILES string of the molecule is CCNC(Cc1nc(C)c(C)s1)c1ccc2c(c1)CCO2. The summed E-state index contributed by atoms with van der Waals surface area (Å²) in [5.74, 6) is 1.05. The molecule has 2 aromatic rings. The normalized spacial score (nSPS) is 14.8. The van der Waals surface area contributed by atoms with E-state index in [2.05, 4.69) is 49.3 Å². The van der Waals surface area contributed by atoms with Crippen molar-refractivity contribution in [3.05, 3.63) is 44.9 Å². The zero-order chi connectivity index (χ0) is 14.8. The first-order chi connectivity index (χ1) is 10.2. The molecular formula is C17H22N2OS. The standard InChI is InChI=1S/C17H22N2OS/c1-4-18-15(10-17-19-11(2)12(3)21-17)13-5-6-16-14(9-13)7-8-20-16/h5-6,9,15,18H,4,7-8,10H2,1-3H3. The van der Waals surface area contributed by atoms with Crippen LogP contribution in [0.4, 0.5) is 0 Å². The average Bonchev–Trinajstić information content (AvgIpc) is 3.05. The third-order valence-corrected chi connectivity index (χ3v) is 5.11. The molecule has 1 aliphatic heterocycles. The van der Waals surface area contributed by atoms with Gasteiger partial charge in [0.15, 0.2) is 0 Å². The van der Waals surface area contributed by atoms with Crippen molar-refractivity contribution in [1.82, 2.24) is 10.3 Å². The molecule has 4 heteroatoms. The fraction of sp³-hybridized carbons (Fsp3) is 0.471. The van der Waals surface area contributed by atoms with Gasteiger partial charge in [0.25, 0.3) is 0 Å². The zero-order valence-electron chi connectivity index (χ0n) is 12.9. The molecule has 1 unspecified atom stereocenters. The Morgan fingerprint density at radius 2 is 2.24 bits per heavy atom. The zero-order valence-corrected chi connectivity index (χ0v) is 13.7. The number of ether oxygens (including phenoxy) is 1. The van der Waals surface area contributed by atoms with Crippen LogP contribution in [0.1, 0.15) is 39.7 Å². The topological polar surface area (TPSA) is 34.2 Å². The second-order valence-corrected chi connectivity index (χ2v) is 6.82. The number of likely N-dealkylation sites (N-methyl/N-ethyl adjacent to an activating group) is 1. The molecule has 1 aliphatic rings. The van der Waals surface area contributed by atoms with Crippen molar-refractivity contribution in [3.8, 4) is 5.75 Å². The van der Waals surface area contributed by atoms with Gasteiger partial charge < -0.3 is 10.1 Å². The predicted octanol–water partition coefficient (Wildman–Crippen LogP) is 3.59. The van der Waals surface area contributed by atoms with E-state index in [9.17, 15) is 0 Å². The number of thiazole rings is 1. The van der Waals surface area contributed by atoms with Crippen molar-refractivity contribution in [2.75, 3.05) is 13.2 Å². The highest BCUT2D eigenvalue weighted by Crippen LogP contribution is 2.30. The minimum atomic E-state index is 0.325. The number of benzene rings is 1. The molecule has 0 fully saturated rings. The summed E-state index contributed by atoms with van der Waals surface area (Å²) in [5, 5.41) is 4.81. The molecule has 1 aromatic carbocycles. The van der Waals surface area contributed by atoms with Gasteiger partial charge in [-0.1, -0.05) is 19.1 Å². The van der Waals surface area contributed by atoms with Gasteiger partial charge >= 0.3 is 0 Å². The van der Waals surface area contributed by atoms with E-state index in [1.807, 2.05) is 11.3 Å². The third kappa shape index (κ3) is 3.11. The molecule has 21 heavy (non-hydrogen) atoms. The van der Waals surface area contributed by atoms with Crippen LogP contribution in [0.2, 0.25) is 0 Å². The number of rotatable bonds is 5. The fourth-order valence-corrected chi connectivity index (χ4v) is 3.76. The number of aryl methyl sites for hydroxylation is 2. The highest BCUT2D eigenvalue weighted by atomic mass is 32.1. The summed E-state index contributed by atoms with van der Waals surface area (Å²) in [6, 6.07) is 6.92. The van der Waals surface area contributed by atoms with Crippen LogP contribution in [0.3, 0.4) is 0 Å². The van der Waals surface area contributed by atoms with Gasteiger partial charge in [0.2, 0.25) is 0 Å². The second kappa shape index (κ2) is 6.16. The molecule has 112 valence electrons. The molecule has 0 saturated carbocycles. The van der Waals surface area contributed by atoms with Crippen molar-refractivity contribution < 1.29 is 4.74 Å². The highest BCUT2D eigenvalue weighted by Gasteiger charge is 2.18. The maximum Gasteiger partial charge on any atom is 0.122 e. The van der Waals surface area contributed by atoms with Gasteiger partial charge in [0.1, 0.15) is 5.75 Å². The smallest absolute Gasteiger partial charge is 0.122 e. The summed E-state index contributed by atoms with van der Waals surface area (Å²) < 4.78 is 5.60. The minimum absolute atomic E-state index is 0.325. The Morgan fingerprint density at radius 3 is 2.95 bits per heavy atom. The van der Waals surface area contributed by atoms with Crippen molar-refractivity contribution >= 4 is 11.3 Å². The molecule has 1 N–H and O–H groups in total. The van der Waals surface area contributed by atoms with Gasteiger partial charge in [-0.05, 0) is 37.6 Å². The average molecular weight is 302 g/mol. The van der Waals surface area contributed by atoms with Crippen molar-refractivity contribution in [2.24, 2.45) is 0 Å². The Bertz CT molecular complexity index is 616. The van der Waals surface area contributed by atoms with E-state index in [1.54, 1.807) is 0 Å². The Hall–Kier alpha value is -1.39. The first kappa shape index (κ1) is 14.5. The van der Waals surface area contributed by atoms with Gasteiger partial charge in [0, 0.05) is 23.8 Å². The molecule has 0 radical (unpaired) electrons. The number of aromatic nitrogens is 1. The summed E-state index contributed by atoms with van der Waals surface area (Å²) in [6.45, 7) is 8.16. The molecule has 0 saturated heterocycles. The van der Waals surface area contributed by atoms with Crippen molar-refractivity contribution in [1.29, 1.82) is 0 Å². The Morgan fingerprint density at radius 1 is 1.38 bits per heavy atom. The van der Waals surface area contributed by atoms with E-state index in [0.29, 0.717) is 6.04 Å². The monoisotopic (exact) mass is 302 g/mol. The van der Waals surface area contributed by atoms with Gasteiger partial charge in [-0.25, -0.2) is 4.98 Å². The lowest BCUT2D eigenvalue weighted by atomic mass is 10.0. The lowest BCUT2D eigenvalue weighted by Crippen LogP contribution is -2.23. The van der Waals surface area contributed by atoms with E-state index in [1.165, 1.54) is 21.0 Å². The molecule has 0 bridgehead atoms. The Labute approximate surface area is 130 Å². The van der Waals surface area contributed by atoms with E-state index < -0.39 is 0 Å². The van der Waals surface area contributed by atoms with Crippen LogP contribution in [-0.2, 0) is 12.8 Å². The summed E-state index contributed by atoms with van der Waals surface area (Å²) in [7, 11) is 0. The second-order valence-electron chi connectivity index (χ2n) is 5.53. The number of nitrogens with one attached hydrogen (secondary N) is 1. The molecule has 0 spiro atoms. The third-order valence-electron chi connectivity index (χ3n) is 4.02. The Balaban J connectivity index is 1.83. The van der Waals surface area contributed by atoms with Crippen LogP contribution in [0.15, 0.2) is 18.2 Å². The molecular weight excluding hydrogens is 280 g/mol. The lowest BCUT2D eigenvalue weighted by Gasteiger charge is -2.18. The first-order valence-electron chi connectivity index (χ1n) is 7.59. The number of nitrogens with zero attached hydrogens (tertiary/aromatic N) is 1. The lowest BCUT2D eigenvalue weighted by molar-refractivity contribution is 0.356. The molecule has 1 atom stereocenters. The van der Waals surface area contributed by atoms with Gasteiger partial charge in [-0.15, -0.1) is 11.3 Å². The van der Waals surface area contributed by atoms with E-state index >= 15 is 0 Å².